The molecule has 0 bridgehead atoms. The summed E-state index contributed by atoms with van der Waals surface area (Å²) in [5.74, 6) is -0.145. The number of hydrogen-bond acceptors (Lipinski definition) is 2. The van der Waals surface area contributed by atoms with E-state index in [0.717, 1.165) is 0 Å². The first-order valence-electron chi connectivity index (χ1n) is 4.76. The van der Waals surface area contributed by atoms with E-state index in [4.69, 9.17) is 12.2 Å². The molecule has 1 aromatic heterocycles. The summed E-state index contributed by atoms with van der Waals surface area (Å²) in [5.41, 5.74) is 0.561. The second-order valence-corrected chi connectivity index (χ2v) is 3.79. The average molecular weight is 259 g/mol. The van der Waals surface area contributed by atoms with E-state index in [-0.39, 0.29) is 10.6 Å². The molecule has 3 nitrogen and oxygen atoms in total. The molecule has 0 radical (unpaired) electrons. The van der Waals surface area contributed by atoms with Crippen LogP contribution in [-0.4, -0.2) is 20.9 Å². The second kappa shape index (κ2) is 4.33. The fourth-order valence-electron chi connectivity index (χ4n) is 1.47. The molecule has 2 rings (SSSR count). The van der Waals surface area contributed by atoms with Crippen molar-refractivity contribution in [1.82, 2.24) is 14.8 Å². The number of H-pyrrole nitrogens is 1. The molecule has 1 N–H and O–H groups in total. The molecular formula is C10H8F3N3S. The molecule has 0 aliphatic rings. The van der Waals surface area contributed by atoms with Gasteiger partial charge in [0.25, 0.3) is 0 Å². The molecule has 0 atom stereocenters. The standard InChI is InChI=1S/C10H8F3N3S/c11-10(12,13)6-8-14-15-9(17)16(8)7-4-2-1-3-5-7/h1-5H,6H2,(H,15,17). The quantitative estimate of drug-likeness (QED) is 0.841. The van der Waals surface area contributed by atoms with Crippen molar-refractivity contribution in [2.24, 2.45) is 0 Å². The van der Waals surface area contributed by atoms with Gasteiger partial charge in [0.05, 0.1) is 0 Å². The van der Waals surface area contributed by atoms with Crippen LogP contribution in [-0.2, 0) is 6.42 Å². The van der Waals surface area contributed by atoms with E-state index < -0.39 is 12.6 Å². The van der Waals surface area contributed by atoms with Crippen molar-refractivity contribution in [3.63, 3.8) is 0 Å². The normalized spacial score (nSPS) is 11.7. The van der Waals surface area contributed by atoms with Crippen molar-refractivity contribution < 1.29 is 13.2 Å². The summed E-state index contributed by atoms with van der Waals surface area (Å²) in [7, 11) is 0. The maximum atomic E-state index is 12.3. The van der Waals surface area contributed by atoms with Gasteiger partial charge < -0.3 is 0 Å². The summed E-state index contributed by atoms with van der Waals surface area (Å²) in [4.78, 5) is 0. The Labute approximate surface area is 99.9 Å². The highest BCUT2D eigenvalue weighted by Gasteiger charge is 2.30. The maximum Gasteiger partial charge on any atom is 0.396 e. The Morgan fingerprint density at radius 2 is 1.88 bits per heavy atom. The first kappa shape index (κ1) is 11.8. The minimum absolute atomic E-state index is 0.145. The van der Waals surface area contributed by atoms with Crippen LogP contribution < -0.4 is 0 Å². The molecule has 0 amide bonds. The summed E-state index contributed by atoms with van der Waals surface area (Å²) in [6.45, 7) is 0. The van der Waals surface area contributed by atoms with Gasteiger partial charge in [0.15, 0.2) is 4.77 Å². The summed E-state index contributed by atoms with van der Waals surface area (Å²) >= 11 is 4.92. The van der Waals surface area contributed by atoms with Crippen LogP contribution in [0.2, 0.25) is 0 Å². The fourth-order valence-corrected chi connectivity index (χ4v) is 1.73. The van der Waals surface area contributed by atoms with Crippen molar-refractivity contribution in [3.05, 3.63) is 40.9 Å². The molecule has 0 unspecified atom stereocenters. The van der Waals surface area contributed by atoms with Gasteiger partial charge in [-0.2, -0.15) is 18.3 Å². The Morgan fingerprint density at radius 3 is 2.47 bits per heavy atom. The molecule has 2 aromatic rings. The summed E-state index contributed by atoms with van der Waals surface area (Å²) in [6, 6.07) is 8.57. The number of aromatic amines is 1. The van der Waals surface area contributed by atoms with Gasteiger partial charge in [0, 0.05) is 5.69 Å². The third-order valence-corrected chi connectivity index (χ3v) is 2.39. The van der Waals surface area contributed by atoms with Crippen molar-refractivity contribution in [2.45, 2.75) is 12.6 Å². The molecule has 0 saturated carbocycles. The van der Waals surface area contributed by atoms with Crippen LogP contribution >= 0.6 is 12.2 Å². The third kappa shape index (κ3) is 2.73. The molecule has 0 aliphatic carbocycles. The lowest BCUT2D eigenvalue weighted by molar-refractivity contribution is -0.128. The van der Waals surface area contributed by atoms with E-state index in [1.54, 1.807) is 30.3 Å². The zero-order chi connectivity index (χ0) is 12.5. The number of rotatable bonds is 2. The topological polar surface area (TPSA) is 33.6 Å². The number of benzene rings is 1. The van der Waals surface area contributed by atoms with Crippen molar-refractivity contribution in [3.8, 4) is 5.69 Å². The molecule has 0 aliphatic heterocycles. The molecule has 7 heteroatoms. The molecule has 0 spiro atoms. The van der Waals surface area contributed by atoms with Crippen molar-refractivity contribution in [1.29, 1.82) is 0 Å². The lowest BCUT2D eigenvalue weighted by atomic mass is 10.3. The van der Waals surface area contributed by atoms with E-state index in [9.17, 15) is 13.2 Å². The summed E-state index contributed by atoms with van der Waals surface area (Å²) < 4.78 is 38.5. The van der Waals surface area contributed by atoms with Gasteiger partial charge in [-0.3, -0.25) is 9.67 Å². The Morgan fingerprint density at radius 1 is 1.24 bits per heavy atom. The first-order chi connectivity index (χ1) is 7.97. The lowest BCUT2D eigenvalue weighted by Crippen LogP contribution is -2.15. The number of halogens is 3. The number of hydrogen-bond donors (Lipinski definition) is 1. The highest BCUT2D eigenvalue weighted by atomic mass is 32.1. The van der Waals surface area contributed by atoms with Crippen molar-refractivity contribution in [2.75, 3.05) is 0 Å². The predicted octanol–water partition coefficient (Wildman–Crippen LogP) is 3.03. The van der Waals surface area contributed by atoms with Crippen LogP contribution in [0.3, 0.4) is 0 Å². The largest absolute Gasteiger partial charge is 0.396 e. The molecule has 1 aromatic carbocycles. The van der Waals surface area contributed by atoms with Gasteiger partial charge in [0.2, 0.25) is 0 Å². The SMILES string of the molecule is FC(F)(F)Cc1n[nH]c(=S)n1-c1ccccc1. The molecule has 1 heterocycles. The van der Waals surface area contributed by atoms with Crippen molar-refractivity contribution >= 4 is 12.2 Å². The van der Waals surface area contributed by atoms with E-state index >= 15 is 0 Å². The van der Waals surface area contributed by atoms with Crippen LogP contribution in [0.1, 0.15) is 5.82 Å². The number of nitrogens with zero attached hydrogens (tertiary/aromatic N) is 2. The predicted molar refractivity (Wildman–Crippen MR) is 58.5 cm³/mol. The number of aromatic nitrogens is 3. The fraction of sp³-hybridized carbons (Fsp3) is 0.200. The zero-order valence-corrected chi connectivity index (χ0v) is 9.35. The Bertz CT molecular complexity index is 556. The maximum absolute atomic E-state index is 12.3. The minimum atomic E-state index is -4.31. The second-order valence-electron chi connectivity index (χ2n) is 3.41. The number of para-hydroxylation sites is 1. The Hall–Kier alpha value is -1.63. The number of nitrogens with one attached hydrogen (secondary N) is 1. The van der Waals surface area contributed by atoms with Gasteiger partial charge in [-0.15, -0.1) is 0 Å². The molecule has 17 heavy (non-hydrogen) atoms. The summed E-state index contributed by atoms with van der Waals surface area (Å²) in [5, 5.41) is 5.98. The van der Waals surface area contributed by atoms with Crippen LogP contribution in [0.25, 0.3) is 5.69 Å². The Balaban J connectivity index is 2.48. The van der Waals surface area contributed by atoms with E-state index in [1.165, 1.54) is 4.57 Å². The minimum Gasteiger partial charge on any atom is -0.272 e. The van der Waals surface area contributed by atoms with Crippen LogP contribution in [0.4, 0.5) is 13.2 Å². The monoisotopic (exact) mass is 259 g/mol. The van der Waals surface area contributed by atoms with Gasteiger partial charge >= 0.3 is 6.18 Å². The lowest BCUT2D eigenvalue weighted by Gasteiger charge is -2.08. The van der Waals surface area contributed by atoms with E-state index in [2.05, 4.69) is 10.2 Å². The van der Waals surface area contributed by atoms with Crippen LogP contribution in [0.15, 0.2) is 30.3 Å². The average Bonchev–Trinajstić information content (AvgIpc) is 2.58. The van der Waals surface area contributed by atoms with E-state index in [0.29, 0.717) is 5.69 Å². The molecule has 0 fully saturated rings. The number of alkyl halides is 3. The molecule has 0 saturated heterocycles. The zero-order valence-electron chi connectivity index (χ0n) is 8.53. The smallest absolute Gasteiger partial charge is 0.272 e. The Kier molecular flexibility index (Phi) is 3.01. The van der Waals surface area contributed by atoms with E-state index in [1.807, 2.05) is 0 Å². The summed E-state index contributed by atoms with van der Waals surface area (Å²) in [6.07, 6.45) is -5.43. The molecule has 90 valence electrons. The first-order valence-corrected chi connectivity index (χ1v) is 5.17. The van der Waals surface area contributed by atoms with Crippen LogP contribution in [0.5, 0.6) is 0 Å². The van der Waals surface area contributed by atoms with Gasteiger partial charge in [-0.1, -0.05) is 18.2 Å². The highest BCUT2D eigenvalue weighted by molar-refractivity contribution is 7.71. The third-order valence-electron chi connectivity index (χ3n) is 2.11. The molecular weight excluding hydrogens is 251 g/mol. The van der Waals surface area contributed by atoms with Gasteiger partial charge in [-0.25, -0.2) is 0 Å². The van der Waals surface area contributed by atoms with Gasteiger partial charge in [-0.05, 0) is 24.4 Å². The highest BCUT2D eigenvalue weighted by Crippen LogP contribution is 2.22. The van der Waals surface area contributed by atoms with Gasteiger partial charge in [0.1, 0.15) is 12.2 Å². The van der Waals surface area contributed by atoms with Crippen LogP contribution in [0, 0.1) is 4.77 Å².